The topological polar surface area (TPSA) is 20.2 Å². The third-order valence-electron chi connectivity index (χ3n) is 1.27. The molecular weight excluding hydrogens is 124 g/mol. The second-order valence-electron chi connectivity index (χ2n) is 2.28. The third-order valence-corrected chi connectivity index (χ3v) is 1.27. The van der Waals surface area contributed by atoms with Gasteiger partial charge in [0.25, 0.3) is 0 Å². The minimum atomic E-state index is -1.92. The Morgan fingerprint density at radius 1 is 1.10 bits per heavy atom. The van der Waals surface area contributed by atoms with E-state index in [9.17, 15) is 0 Å². The number of unbranched alkanes of at least 4 members (excludes halogenated alkanes) is 2. The summed E-state index contributed by atoms with van der Waals surface area (Å²) < 4.78 is 30.2. The predicted octanol–water partition coefficient (Wildman–Crippen LogP) is 2.73. The molecule has 0 aliphatic carbocycles. The van der Waals surface area contributed by atoms with Crippen LogP contribution in [0.25, 0.3) is 0 Å². The molecule has 0 spiro atoms. The van der Waals surface area contributed by atoms with Crippen LogP contribution in [0.1, 0.15) is 57.3 Å². The number of aliphatic hydroxyl groups is 1. The van der Waals surface area contributed by atoms with E-state index in [0.29, 0.717) is 6.42 Å². The number of hydrogen-bond donors (Lipinski definition) is 1. The molecule has 0 bridgehead atoms. The van der Waals surface area contributed by atoms with E-state index in [2.05, 4.69) is 0 Å². The van der Waals surface area contributed by atoms with Crippen LogP contribution in [0, 0.1) is 0 Å². The fraction of sp³-hybridized carbons (Fsp3) is 1.00. The van der Waals surface area contributed by atoms with Gasteiger partial charge < -0.3 is 5.11 Å². The molecule has 0 heterocycles. The van der Waals surface area contributed by atoms with E-state index in [-0.39, 0.29) is 19.4 Å². The minimum absolute atomic E-state index is 0.133. The number of rotatable bonds is 7. The van der Waals surface area contributed by atoms with Crippen LogP contribution in [0.2, 0.25) is 0 Å². The van der Waals surface area contributed by atoms with Crippen molar-refractivity contribution in [1.29, 1.82) is 0 Å². The highest BCUT2D eigenvalue weighted by Gasteiger charge is 1.88. The Morgan fingerprint density at radius 2 is 1.80 bits per heavy atom. The van der Waals surface area contributed by atoms with Crippen LogP contribution in [0.15, 0.2) is 0 Å². The zero-order valence-corrected chi connectivity index (χ0v) is 6.69. The summed E-state index contributed by atoms with van der Waals surface area (Å²) in [5.74, 6) is 0. The maximum Gasteiger partial charge on any atom is 0.0431 e. The van der Waals surface area contributed by atoms with Gasteiger partial charge in [-0.25, -0.2) is 0 Å². The number of hydrogen-bond acceptors (Lipinski definition) is 1. The highest BCUT2D eigenvalue weighted by Crippen LogP contribution is 2.05. The van der Waals surface area contributed by atoms with Gasteiger partial charge in [0.1, 0.15) is 0 Å². The van der Waals surface area contributed by atoms with E-state index in [1.54, 1.807) is 0 Å². The second kappa shape index (κ2) is 8.96. The van der Waals surface area contributed by atoms with Gasteiger partial charge >= 0.3 is 0 Å². The highest BCUT2D eigenvalue weighted by atomic mass is 16.2. The molecule has 62 valence electrons. The van der Waals surface area contributed by atoms with Crippen LogP contribution in [0.3, 0.4) is 0 Å². The van der Waals surface area contributed by atoms with Crippen molar-refractivity contribution in [3.05, 3.63) is 0 Å². The molecule has 0 aliphatic heterocycles. The van der Waals surface area contributed by atoms with Crippen molar-refractivity contribution in [1.82, 2.24) is 0 Å². The molecule has 0 atom stereocenters. The predicted molar refractivity (Wildman–Crippen MR) is 45.1 cm³/mol. The van der Waals surface area contributed by atoms with Crippen molar-refractivity contribution in [2.75, 3.05) is 6.61 Å². The first-order valence-electron chi connectivity index (χ1n) is 5.98. The van der Waals surface area contributed by atoms with Gasteiger partial charge in [0.15, 0.2) is 0 Å². The lowest BCUT2D eigenvalue weighted by molar-refractivity contribution is 0.282. The van der Waals surface area contributed by atoms with Crippen molar-refractivity contribution >= 4 is 0 Å². The van der Waals surface area contributed by atoms with Crippen molar-refractivity contribution in [2.24, 2.45) is 0 Å². The molecular formula is C9H20O. The Hall–Kier alpha value is -0.0400. The van der Waals surface area contributed by atoms with E-state index in [1.807, 2.05) is 6.92 Å². The fourth-order valence-corrected chi connectivity index (χ4v) is 0.696. The molecule has 0 rings (SSSR count). The SMILES string of the molecule is [2H]C([2H])(CCO)C([2H])([2H])CCCCC. The molecule has 0 radical (unpaired) electrons. The lowest BCUT2D eigenvalue weighted by atomic mass is 10.1. The first-order valence-corrected chi connectivity index (χ1v) is 3.98. The Kier molecular flexibility index (Phi) is 4.27. The summed E-state index contributed by atoms with van der Waals surface area (Å²) in [7, 11) is 0. The van der Waals surface area contributed by atoms with Crippen molar-refractivity contribution < 1.29 is 10.6 Å². The lowest BCUT2D eigenvalue weighted by Gasteiger charge is -1.97. The highest BCUT2D eigenvalue weighted by molar-refractivity contribution is 4.43. The van der Waals surface area contributed by atoms with Crippen LogP contribution in [-0.4, -0.2) is 11.7 Å². The third kappa shape index (κ3) is 7.96. The number of aliphatic hydroxyl groups excluding tert-OH is 1. The van der Waals surface area contributed by atoms with Crippen LogP contribution >= 0.6 is 0 Å². The molecule has 0 saturated heterocycles. The van der Waals surface area contributed by atoms with Gasteiger partial charge in [-0.1, -0.05) is 45.4 Å². The molecule has 0 aromatic rings. The molecule has 1 nitrogen and oxygen atoms in total. The van der Waals surface area contributed by atoms with Crippen LogP contribution < -0.4 is 0 Å². The summed E-state index contributed by atoms with van der Waals surface area (Å²) in [5.41, 5.74) is 0. The van der Waals surface area contributed by atoms with Crippen molar-refractivity contribution in [2.45, 2.75) is 51.8 Å². The van der Waals surface area contributed by atoms with Gasteiger partial charge in [0.2, 0.25) is 0 Å². The van der Waals surface area contributed by atoms with Gasteiger partial charge in [-0.15, -0.1) is 0 Å². The summed E-state index contributed by atoms with van der Waals surface area (Å²) >= 11 is 0. The standard InChI is InChI=1S/C9H20O/c1-2-3-4-5-6-7-8-9-10/h10H,2-9H2,1H3/i6D2,7D2. The maximum absolute atomic E-state index is 8.63. The van der Waals surface area contributed by atoms with E-state index in [1.165, 1.54) is 0 Å². The first-order chi connectivity index (χ1) is 6.37. The van der Waals surface area contributed by atoms with E-state index < -0.39 is 12.7 Å². The van der Waals surface area contributed by atoms with Gasteiger partial charge in [0, 0.05) is 12.1 Å². The molecule has 0 aliphatic rings. The van der Waals surface area contributed by atoms with Crippen molar-refractivity contribution in [3.63, 3.8) is 0 Å². The Bertz CT molecular complexity index is 159. The van der Waals surface area contributed by atoms with Crippen molar-refractivity contribution in [3.8, 4) is 0 Å². The Morgan fingerprint density at radius 3 is 2.40 bits per heavy atom. The molecule has 0 aromatic heterocycles. The zero-order valence-electron chi connectivity index (χ0n) is 10.7. The van der Waals surface area contributed by atoms with Gasteiger partial charge in [-0.05, 0) is 6.42 Å². The molecule has 1 N–H and O–H groups in total. The summed E-state index contributed by atoms with van der Waals surface area (Å²) in [6.07, 6.45) is -1.03. The van der Waals surface area contributed by atoms with Crippen LogP contribution in [0.5, 0.6) is 0 Å². The smallest absolute Gasteiger partial charge is 0.0431 e. The summed E-state index contributed by atoms with van der Waals surface area (Å²) in [4.78, 5) is 0. The molecule has 1 heteroatoms. The molecule has 0 amide bonds. The van der Waals surface area contributed by atoms with Crippen LogP contribution in [-0.2, 0) is 0 Å². The first kappa shape index (κ1) is 4.76. The minimum Gasteiger partial charge on any atom is -0.396 e. The normalized spacial score (nSPS) is 19.0. The average molecular weight is 148 g/mol. The Balaban J connectivity index is 4.13. The maximum atomic E-state index is 8.63. The molecule has 0 aromatic carbocycles. The quantitative estimate of drug-likeness (QED) is 0.550. The monoisotopic (exact) mass is 148 g/mol. The van der Waals surface area contributed by atoms with E-state index in [0.717, 1.165) is 12.8 Å². The zero-order chi connectivity index (χ0) is 11.2. The Labute approximate surface area is 70.1 Å². The van der Waals surface area contributed by atoms with E-state index in [4.69, 9.17) is 10.6 Å². The fourth-order valence-electron chi connectivity index (χ4n) is 0.696. The van der Waals surface area contributed by atoms with Gasteiger partial charge in [-0.3, -0.25) is 0 Å². The molecule has 0 fully saturated rings. The van der Waals surface area contributed by atoms with Crippen LogP contribution in [0.4, 0.5) is 0 Å². The van der Waals surface area contributed by atoms with Gasteiger partial charge in [-0.2, -0.15) is 0 Å². The molecule has 0 unspecified atom stereocenters. The molecule has 10 heavy (non-hydrogen) atoms. The summed E-state index contributed by atoms with van der Waals surface area (Å²) in [6.45, 7) is 1.72. The largest absolute Gasteiger partial charge is 0.396 e. The lowest BCUT2D eigenvalue weighted by Crippen LogP contribution is -1.83. The second-order valence-corrected chi connectivity index (χ2v) is 2.28. The average Bonchev–Trinajstić information content (AvgIpc) is 2.04. The summed E-state index contributed by atoms with van der Waals surface area (Å²) in [6, 6.07) is 0. The van der Waals surface area contributed by atoms with Gasteiger partial charge in [0.05, 0.1) is 0 Å². The molecule has 0 saturated carbocycles. The summed E-state index contributed by atoms with van der Waals surface area (Å²) in [5, 5.41) is 8.63. The van der Waals surface area contributed by atoms with E-state index >= 15 is 0 Å².